The van der Waals surface area contributed by atoms with Gasteiger partial charge in [0.25, 0.3) is 0 Å². The molecule has 4 nitrogen and oxygen atoms in total. The van der Waals surface area contributed by atoms with Crippen LogP contribution in [0.15, 0.2) is 17.7 Å². The molecule has 2 bridgehead atoms. The third-order valence-electron chi connectivity index (χ3n) is 5.88. The molecule has 2 aromatic rings. The fraction of sp³-hybridized carbons (Fsp3) is 0.500. The first-order valence-corrected chi connectivity index (χ1v) is 7.74. The van der Waals surface area contributed by atoms with Gasteiger partial charge in [-0.3, -0.25) is 5.10 Å². The molecule has 120 valence electrons. The van der Waals surface area contributed by atoms with Gasteiger partial charge in [0.05, 0.1) is 17.2 Å². The summed E-state index contributed by atoms with van der Waals surface area (Å²) in [6.07, 6.45) is -3.41. The van der Waals surface area contributed by atoms with Crippen molar-refractivity contribution >= 4 is 16.6 Å². The van der Waals surface area contributed by atoms with Gasteiger partial charge in [-0.05, 0) is 54.4 Å². The number of hydrogen-bond donors (Lipinski definition) is 2. The van der Waals surface area contributed by atoms with Crippen LogP contribution in [0, 0.1) is 11.3 Å². The second-order valence-corrected chi connectivity index (χ2v) is 6.99. The lowest BCUT2D eigenvalue weighted by molar-refractivity contribution is -0.111. The number of benzene rings is 1. The number of alkyl halides is 3. The number of aromatic amines is 1. The van der Waals surface area contributed by atoms with Gasteiger partial charge in [0.15, 0.2) is 0 Å². The summed E-state index contributed by atoms with van der Waals surface area (Å²) in [6, 6.07) is 3.44. The highest BCUT2D eigenvalue weighted by atomic mass is 19.4. The van der Waals surface area contributed by atoms with E-state index in [0.717, 1.165) is 11.1 Å². The monoisotopic (exact) mass is 321 g/mol. The second kappa shape index (κ2) is 3.95. The van der Waals surface area contributed by atoms with Crippen LogP contribution in [-0.4, -0.2) is 32.8 Å². The van der Waals surface area contributed by atoms with Gasteiger partial charge in [-0.2, -0.15) is 13.2 Å². The summed E-state index contributed by atoms with van der Waals surface area (Å²) in [6.45, 7) is 0. The van der Waals surface area contributed by atoms with Crippen molar-refractivity contribution in [3.8, 4) is 0 Å². The van der Waals surface area contributed by atoms with E-state index in [1.807, 2.05) is 0 Å². The van der Waals surface area contributed by atoms with E-state index in [1.54, 1.807) is 12.1 Å². The Balaban J connectivity index is 1.87. The number of nitrogens with one attached hydrogen (secondary N) is 1. The molecule has 1 aromatic heterocycles. The number of allylic oxidation sites excluding steroid dienone is 1. The number of hydrogen-bond acceptors (Lipinski definition) is 3. The highest BCUT2D eigenvalue weighted by molar-refractivity contribution is 5.91. The number of aliphatic hydroxyl groups excluding tert-OH is 1. The SMILES string of the molecule is O[C@H]1C(C(F)(F)F)=C2c3ccc4[nH]nnc4c3C[C@@]23CC[C@@H]1C3. The van der Waals surface area contributed by atoms with E-state index in [2.05, 4.69) is 15.4 Å². The lowest BCUT2D eigenvalue weighted by Gasteiger charge is -2.36. The van der Waals surface area contributed by atoms with Crippen molar-refractivity contribution in [3.05, 3.63) is 28.8 Å². The highest BCUT2D eigenvalue weighted by Crippen LogP contribution is 2.65. The Morgan fingerprint density at radius 3 is 2.91 bits per heavy atom. The molecule has 5 rings (SSSR count). The van der Waals surface area contributed by atoms with Gasteiger partial charge in [0.1, 0.15) is 5.52 Å². The highest BCUT2D eigenvalue weighted by Gasteiger charge is 2.59. The minimum atomic E-state index is -4.51. The predicted molar refractivity (Wildman–Crippen MR) is 76.3 cm³/mol. The fourth-order valence-electron chi connectivity index (χ4n) is 5.04. The van der Waals surface area contributed by atoms with Crippen LogP contribution in [-0.2, 0) is 6.42 Å². The number of fused-ring (bicyclic) bond motifs is 5. The third kappa shape index (κ3) is 1.56. The molecule has 3 aliphatic rings. The van der Waals surface area contributed by atoms with Crippen molar-refractivity contribution in [1.82, 2.24) is 15.4 Å². The van der Waals surface area contributed by atoms with Crippen LogP contribution in [0.4, 0.5) is 13.2 Å². The van der Waals surface area contributed by atoms with E-state index in [4.69, 9.17) is 0 Å². The number of H-pyrrole nitrogens is 1. The summed E-state index contributed by atoms with van der Waals surface area (Å²) in [4.78, 5) is 0. The molecule has 23 heavy (non-hydrogen) atoms. The summed E-state index contributed by atoms with van der Waals surface area (Å²) in [5, 5.41) is 20.9. The molecule has 0 aliphatic heterocycles. The molecular formula is C16H14F3N3O. The van der Waals surface area contributed by atoms with Crippen molar-refractivity contribution in [2.45, 2.75) is 38.0 Å². The maximum absolute atomic E-state index is 13.7. The summed E-state index contributed by atoms with van der Waals surface area (Å²) >= 11 is 0. The van der Waals surface area contributed by atoms with Crippen molar-refractivity contribution < 1.29 is 18.3 Å². The van der Waals surface area contributed by atoms with Crippen LogP contribution in [0.1, 0.15) is 30.4 Å². The van der Waals surface area contributed by atoms with Gasteiger partial charge in [0.2, 0.25) is 0 Å². The zero-order chi connectivity index (χ0) is 16.0. The first-order valence-electron chi connectivity index (χ1n) is 7.74. The van der Waals surface area contributed by atoms with Gasteiger partial charge >= 0.3 is 6.18 Å². The molecule has 1 saturated carbocycles. The normalized spacial score (nSPS) is 32.5. The van der Waals surface area contributed by atoms with Crippen molar-refractivity contribution in [2.75, 3.05) is 0 Å². The van der Waals surface area contributed by atoms with Gasteiger partial charge in [0, 0.05) is 5.41 Å². The van der Waals surface area contributed by atoms with Crippen LogP contribution >= 0.6 is 0 Å². The standard InChI is InChI=1S/C16H14F3N3O/c17-16(18,19)12-11-8-1-2-10-13(21-22-20-10)9(8)6-15(11)4-3-7(5-15)14(12)23/h1-2,7,14,23H,3-6H2,(H,20,21,22)/t7-,14-,15+/m1/s1. The van der Waals surface area contributed by atoms with Crippen molar-refractivity contribution in [3.63, 3.8) is 0 Å². The minimum absolute atomic E-state index is 0.294. The molecule has 2 N–H and O–H groups in total. The molecule has 0 radical (unpaired) electrons. The van der Waals surface area contributed by atoms with Crippen LogP contribution in [0.2, 0.25) is 0 Å². The Kier molecular flexibility index (Phi) is 2.33. The van der Waals surface area contributed by atoms with Gasteiger partial charge < -0.3 is 5.11 Å². The first kappa shape index (κ1) is 13.5. The number of nitrogens with zero attached hydrogens (tertiary/aromatic N) is 2. The maximum atomic E-state index is 13.7. The minimum Gasteiger partial charge on any atom is -0.388 e. The molecule has 3 atom stereocenters. The second-order valence-electron chi connectivity index (χ2n) is 6.99. The lowest BCUT2D eigenvalue weighted by Crippen LogP contribution is -2.37. The summed E-state index contributed by atoms with van der Waals surface area (Å²) in [5.41, 5.74) is 1.91. The summed E-state index contributed by atoms with van der Waals surface area (Å²) in [5.74, 6) is -0.294. The molecule has 1 spiro atoms. The topological polar surface area (TPSA) is 61.8 Å². The molecule has 1 fully saturated rings. The average molecular weight is 321 g/mol. The molecule has 7 heteroatoms. The number of halogens is 3. The molecule has 0 amide bonds. The largest absolute Gasteiger partial charge is 0.415 e. The van der Waals surface area contributed by atoms with E-state index in [9.17, 15) is 18.3 Å². The molecule has 1 aromatic carbocycles. The van der Waals surface area contributed by atoms with Crippen molar-refractivity contribution in [2.24, 2.45) is 11.3 Å². The van der Waals surface area contributed by atoms with Gasteiger partial charge in [-0.1, -0.05) is 11.3 Å². The van der Waals surface area contributed by atoms with E-state index in [0.29, 0.717) is 42.3 Å². The van der Waals surface area contributed by atoms with E-state index >= 15 is 0 Å². The zero-order valence-corrected chi connectivity index (χ0v) is 12.1. The van der Waals surface area contributed by atoms with E-state index in [1.165, 1.54) is 0 Å². The predicted octanol–water partition coefficient (Wildman–Crippen LogP) is 2.99. The smallest absolute Gasteiger partial charge is 0.388 e. The fourth-order valence-corrected chi connectivity index (χ4v) is 5.04. The molecule has 0 unspecified atom stereocenters. The Hall–Kier alpha value is -1.89. The Labute approximate surface area is 129 Å². The van der Waals surface area contributed by atoms with Crippen molar-refractivity contribution in [1.29, 1.82) is 0 Å². The zero-order valence-electron chi connectivity index (χ0n) is 12.1. The van der Waals surface area contributed by atoms with Crippen LogP contribution in [0.5, 0.6) is 0 Å². The Morgan fingerprint density at radius 1 is 1.30 bits per heavy atom. The molecular weight excluding hydrogens is 307 g/mol. The lowest BCUT2D eigenvalue weighted by atomic mass is 9.70. The number of aliphatic hydroxyl groups is 1. The average Bonchev–Trinajstić information content (AvgIpc) is 3.15. The van der Waals surface area contributed by atoms with Gasteiger partial charge in [-0.25, -0.2) is 0 Å². The van der Waals surface area contributed by atoms with Crippen LogP contribution in [0.25, 0.3) is 16.6 Å². The first-order chi connectivity index (χ1) is 10.9. The van der Waals surface area contributed by atoms with Crippen LogP contribution in [0.3, 0.4) is 0 Å². The molecule has 1 heterocycles. The molecule has 0 saturated heterocycles. The van der Waals surface area contributed by atoms with E-state index < -0.39 is 23.3 Å². The van der Waals surface area contributed by atoms with E-state index in [-0.39, 0.29) is 5.92 Å². The number of aromatic nitrogens is 3. The quantitative estimate of drug-likeness (QED) is 0.784. The summed E-state index contributed by atoms with van der Waals surface area (Å²) < 4.78 is 41.1. The van der Waals surface area contributed by atoms with Gasteiger partial charge in [-0.15, -0.1) is 5.10 Å². The summed E-state index contributed by atoms with van der Waals surface area (Å²) in [7, 11) is 0. The maximum Gasteiger partial charge on any atom is 0.415 e. The van der Waals surface area contributed by atoms with Crippen LogP contribution < -0.4 is 0 Å². The molecule has 3 aliphatic carbocycles. The number of rotatable bonds is 0. The Morgan fingerprint density at radius 2 is 2.13 bits per heavy atom. The Bertz CT molecular complexity index is 869. The third-order valence-corrected chi connectivity index (χ3v) is 5.88.